The number of carbonyl (C=O) groups is 2. The highest BCUT2D eigenvalue weighted by atomic mass is 35.5. The predicted molar refractivity (Wildman–Crippen MR) is 81.5 cm³/mol. The maximum Gasteiger partial charge on any atom is 0.338 e. The highest BCUT2D eigenvalue weighted by molar-refractivity contribution is 6.33. The molecular weight excluding hydrogens is 290 g/mol. The largest absolute Gasteiger partial charge is 0.452 e. The van der Waals surface area contributed by atoms with Gasteiger partial charge in [-0.25, -0.2) is 4.79 Å². The number of esters is 1. The van der Waals surface area contributed by atoms with Crippen LogP contribution in [0.2, 0.25) is 5.02 Å². The lowest BCUT2D eigenvalue weighted by Crippen LogP contribution is -2.21. The zero-order chi connectivity index (χ0) is 15.2. The maximum atomic E-state index is 11.8. The third-order valence-electron chi connectivity index (χ3n) is 2.77. The Kier molecular flexibility index (Phi) is 4.95. The van der Waals surface area contributed by atoms with E-state index in [0.29, 0.717) is 16.3 Å². The van der Waals surface area contributed by atoms with Crippen LogP contribution in [-0.2, 0) is 9.53 Å². The number of aryl methyl sites for hydroxylation is 1. The summed E-state index contributed by atoms with van der Waals surface area (Å²) in [5.74, 6) is -0.979. The molecule has 1 N–H and O–H groups in total. The predicted octanol–water partition coefficient (Wildman–Crippen LogP) is 3.44. The van der Waals surface area contributed by atoms with Gasteiger partial charge in [-0.3, -0.25) is 4.79 Å². The van der Waals surface area contributed by atoms with Gasteiger partial charge in [0.2, 0.25) is 0 Å². The number of halogens is 1. The normalized spacial score (nSPS) is 10.0. The van der Waals surface area contributed by atoms with Crippen molar-refractivity contribution < 1.29 is 14.3 Å². The second-order valence-corrected chi connectivity index (χ2v) is 4.88. The van der Waals surface area contributed by atoms with Crippen molar-refractivity contribution in [1.82, 2.24) is 0 Å². The van der Waals surface area contributed by atoms with E-state index in [9.17, 15) is 9.59 Å². The van der Waals surface area contributed by atoms with Crippen LogP contribution in [0.3, 0.4) is 0 Å². The number of anilines is 1. The lowest BCUT2D eigenvalue weighted by molar-refractivity contribution is -0.119. The van der Waals surface area contributed by atoms with Crippen molar-refractivity contribution in [1.29, 1.82) is 0 Å². The standard InChI is InChI=1S/C16H14ClNO3/c1-11-6-8-12(9-7-11)16(20)21-10-15(19)18-14-5-3-2-4-13(14)17/h2-9H,10H2,1H3,(H,18,19). The first-order valence-corrected chi connectivity index (χ1v) is 6.72. The molecule has 0 aliphatic rings. The van der Waals surface area contributed by atoms with Crippen LogP contribution in [0.15, 0.2) is 48.5 Å². The van der Waals surface area contributed by atoms with E-state index >= 15 is 0 Å². The number of ether oxygens (including phenoxy) is 1. The molecule has 0 radical (unpaired) electrons. The molecule has 0 unspecified atom stereocenters. The molecule has 1 amide bonds. The van der Waals surface area contributed by atoms with Crippen molar-refractivity contribution in [2.24, 2.45) is 0 Å². The van der Waals surface area contributed by atoms with Crippen molar-refractivity contribution in [2.45, 2.75) is 6.92 Å². The van der Waals surface area contributed by atoms with E-state index in [-0.39, 0.29) is 6.61 Å². The van der Waals surface area contributed by atoms with Gasteiger partial charge in [0.05, 0.1) is 16.3 Å². The van der Waals surface area contributed by atoms with Crippen LogP contribution in [0.1, 0.15) is 15.9 Å². The molecule has 0 atom stereocenters. The third-order valence-corrected chi connectivity index (χ3v) is 3.10. The van der Waals surface area contributed by atoms with Gasteiger partial charge in [0.1, 0.15) is 0 Å². The molecule has 2 aromatic rings. The number of hydrogen-bond acceptors (Lipinski definition) is 3. The average Bonchev–Trinajstić information content (AvgIpc) is 2.48. The third kappa shape index (κ3) is 4.33. The molecule has 0 saturated carbocycles. The van der Waals surface area contributed by atoms with Crippen molar-refractivity contribution in [3.8, 4) is 0 Å². The molecule has 5 heteroatoms. The van der Waals surface area contributed by atoms with E-state index in [2.05, 4.69) is 5.32 Å². The van der Waals surface area contributed by atoms with Crippen LogP contribution in [0.5, 0.6) is 0 Å². The summed E-state index contributed by atoms with van der Waals surface area (Å²) in [6, 6.07) is 13.8. The topological polar surface area (TPSA) is 55.4 Å². The van der Waals surface area contributed by atoms with Crippen LogP contribution in [-0.4, -0.2) is 18.5 Å². The van der Waals surface area contributed by atoms with E-state index in [4.69, 9.17) is 16.3 Å². The fraction of sp³-hybridized carbons (Fsp3) is 0.125. The molecule has 0 aliphatic heterocycles. The van der Waals surface area contributed by atoms with Crippen LogP contribution in [0.25, 0.3) is 0 Å². The minimum Gasteiger partial charge on any atom is -0.452 e. The molecule has 0 aromatic heterocycles. The fourth-order valence-electron chi connectivity index (χ4n) is 1.65. The van der Waals surface area contributed by atoms with E-state index in [1.54, 1.807) is 48.5 Å². The van der Waals surface area contributed by atoms with Crippen LogP contribution < -0.4 is 5.32 Å². The van der Waals surface area contributed by atoms with Gasteiger partial charge >= 0.3 is 5.97 Å². The Hall–Kier alpha value is -2.33. The number of para-hydroxylation sites is 1. The Balaban J connectivity index is 1.88. The second kappa shape index (κ2) is 6.90. The van der Waals surface area contributed by atoms with Gasteiger partial charge < -0.3 is 10.1 Å². The number of nitrogens with one attached hydrogen (secondary N) is 1. The monoisotopic (exact) mass is 303 g/mol. The Morgan fingerprint density at radius 3 is 2.43 bits per heavy atom. The number of amides is 1. The molecule has 0 saturated heterocycles. The minimum absolute atomic E-state index is 0.363. The smallest absolute Gasteiger partial charge is 0.338 e. The van der Waals surface area contributed by atoms with Crippen molar-refractivity contribution >= 4 is 29.2 Å². The van der Waals surface area contributed by atoms with Gasteiger partial charge in [-0.05, 0) is 31.2 Å². The van der Waals surface area contributed by atoms with Crippen molar-refractivity contribution in [3.05, 3.63) is 64.7 Å². The fourth-order valence-corrected chi connectivity index (χ4v) is 1.84. The highest BCUT2D eigenvalue weighted by Crippen LogP contribution is 2.20. The van der Waals surface area contributed by atoms with E-state index in [1.807, 2.05) is 6.92 Å². The van der Waals surface area contributed by atoms with Gasteiger partial charge in [0, 0.05) is 0 Å². The first kappa shape index (κ1) is 15.1. The first-order chi connectivity index (χ1) is 10.1. The molecule has 0 aliphatic carbocycles. The zero-order valence-electron chi connectivity index (χ0n) is 11.4. The van der Waals surface area contributed by atoms with E-state index in [1.165, 1.54) is 0 Å². The van der Waals surface area contributed by atoms with Gasteiger partial charge in [0.15, 0.2) is 6.61 Å². The lowest BCUT2D eigenvalue weighted by atomic mass is 10.1. The van der Waals surface area contributed by atoms with Gasteiger partial charge in [0.25, 0.3) is 5.91 Å². The van der Waals surface area contributed by atoms with E-state index in [0.717, 1.165) is 5.56 Å². The number of benzene rings is 2. The first-order valence-electron chi connectivity index (χ1n) is 6.34. The maximum absolute atomic E-state index is 11.8. The van der Waals surface area contributed by atoms with Gasteiger partial charge in [-0.15, -0.1) is 0 Å². The quantitative estimate of drug-likeness (QED) is 0.880. The summed E-state index contributed by atoms with van der Waals surface area (Å²) >= 11 is 5.92. The van der Waals surface area contributed by atoms with Gasteiger partial charge in [-0.1, -0.05) is 41.4 Å². The van der Waals surface area contributed by atoms with Crippen LogP contribution in [0, 0.1) is 6.92 Å². The summed E-state index contributed by atoms with van der Waals surface area (Å²) in [4.78, 5) is 23.5. The Bertz CT molecular complexity index is 653. The highest BCUT2D eigenvalue weighted by Gasteiger charge is 2.11. The van der Waals surface area contributed by atoms with Crippen molar-refractivity contribution in [3.63, 3.8) is 0 Å². The Morgan fingerprint density at radius 2 is 1.76 bits per heavy atom. The molecule has 0 fully saturated rings. The summed E-state index contributed by atoms with van der Waals surface area (Å²) in [6.45, 7) is 1.56. The van der Waals surface area contributed by atoms with Gasteiger partial charge in [-0.2, -0.15) is 0 Å². The van der Waals surface area contributed by atoms with Crippen LogP contribution >= 0.6 is 11.6 Å². The molecular formula is C16H14ClNO3. The van der Waals surface area contributed by atoms with Crippen molar-refractivity contribution in [2.75, 3.05) is 11.9 Å². The van der Waals surface area contributed by atoms with Crippen LogP contribution in [0.4, 0.5) is 5.69 Å². The Morgan fingerprint density at radius 1 is 1.10 bits per heavy atom. The SMILES string of the molecule is Cc1ccc(C(=O)OCC(=O)Nc2ccccc2Cl)cc1. The summed E-state index contributed by atoms with van der Waals surface area (Å²) in [7, 11) is 0. The summed E-state index contributed by atoms with van der Waals surface area (Å²) in [5, 5.41) is 3.00. The number of rotatable bonds is 4. The molecule has 0 spiro atoms. The zero-order valence-corrected chi connectivity index (χ0v) is 12.2. The number of carbonyl (C=O) groups excluding carboxylic acids is 2. The summed E-state index contributed by atoms with van der Waals surface area (Å²) in [5.41, 5.74) is 1.93. The summed E-state index contributed by atoms with van der Waals surface area (Å²) in [6.07, 6.45) is 0. The average molecular weight is 304 g/mol. The molecule has 2 aromatic carbocycles. The second-order valence-electron chi connectivity index (χ2n) is 4.47. The lowest BCUT2D eigenvalue weighted by Gasteiger charge is -2.08. The summed E-state index contributed by atoms with van der Waals surface area (Å²) < 4.78 is 4.95. The minimum atomic E-state index is -0.538. The molecule has 108 valence electrons. The van der Waals surface area contributed by atoms with E-state index < -0.39 is 11.9 Å². The molecule has 21 heavy (non-hydrogen) atoms. The number of hydrogen-bond donors (Lipinski definition) is 1. The molecule has 2 rings (SSSR count). The molecule has 0 bridgehead atoms. The Labute approximate surface area is 127 Å². The molecule has 4 nitrogen and oxygen atoms in total. The molecule has 0 heterocycles.